The van der Waals surface area contributed by atoms with E-state index in [1.165, 1.54) is 0 Å². The molecule has 1 aromatic carbocycles. The minimum atomic E-state index is 0.288. The Labute approximate surface area is 130 Å². The molecule has 0 saturated heterocycles. The van der Waals surface area contributed by atoms with E-state index in [9.17, 15) is 5.21 Å². The van der Waals surface area contributed by atoms with Crippen molar-refractivity contribution in [3.05, 3.63) is 41.5 Å². The van der Waals surface area contributed by atoms with Crippen LogP contribution in [0.3, 0.4) is 0 Å². The van der Waals surface area contributed by atoms with Gasteiger partial charge < -0.3 is 10.6 Å². The van der Waals surface area contributed by atoms with E-state index in [0.29, 0.717) is 5.52 Å². The summed E-state index contributed by atoms with van der Waals surface area (Å²) < 4.78 is 2.98. The number of nitrogens with one attached hydrogen (secondary N) is 1. The third kappa shape index (κ3) is 2.47. The maximum Gasteiger partial charge on any atom is 0.226 e. The number of imidazole rings is 1. The van der Waals surface area contributed by atoms with Gasteiger partial charge in [-0.2, -0.15) is 4.73 Å². The monoisotopic (exact) mass is 298 g/mol. The van der Waals surface area contributed by atoms with Crippen LogP contribution in [0, 0.1) is 5.21 Å². The average Bonchev–Trinajstić information content (AvgIpc) is 2.82. The van der Waals surface area contributed by atoms with Crippen molar-refractivity contribution in [2.75, 3.05) is 5.43 Å². The number of benzene rings is 1. The summed E-state index contributed by atoms with van der Waals surface area (Å²) in [5, 5.41) is 13.1. The van der Waals surface area contributed by atoms with Gasteiger partial charge in [0.25, 0.3) is 0 Å². The highest BCUT2D eigenvalue weighted by atomic mass is 16.5. The van der Waals surface area contributed by atoms with Gasteiger partial charge in [0, 0.05) is 18.5 Å². The van der Waals surface area contributed by atoms with Crippen molar-refractivity contribution in [2.24, 2.45) is 0 Å². The van der Waals surface area contributed by atoms with E-state index >= 15 is 0 Å². The lowest BCUT2D eigenvalue weighted by molar-refractivity contribution is -0.575. The third-order valence-corrected chi connectivity index (χ3v) is 3.75. The first-order valence-electron chi connectivity index (χ1n) is 7.90. The quantitative estimate of drug-likeness (QED) is 0.581. The molecule has 116 valence electrons. The van der Waals surface area contributed by atoms with E-state index in [-0.39, 0.29) is 6.04 Å². The van der Waals surface area contributed by atoms with Gasteiger partial charge in [-0.15, -0.1) is 0 Å². The van der Waals surface area contributed by atoms with Gasteiger partial charge in [0.1, 0.15) is 11.3 Å². The van der Waals surface area contributed by atoms with Gasteiger partial charge in [-0.3, -0.25) is 0 Å². The Morgan fingerprint density at radius 3 is 2.82 bits per heavy atom. The molecular formula is C17H22N4O. The predicted octanol–water partition coefficient (Wildman–Crippen LogP) is 3.12. The first-order chi connectivity index (χ1) is 10.6. The lowest BCUT2D eigenvalue weighted by Gasteiger charge is -2.15. The molecule has 1 N–H and O–H groups in total. The van der Waals surface area contributed by atoms with Crippen LogP contribution in [0.4, 0.5) is 0 Å². The predicted molar refractivity (Wildman–Crippen MR) is 89.3 cm³/mol. The smallest absolute Gasteiger partial charge is 0.226 e. The van der Waals surface area contributed by atoms with Crippen LogP contribution in [-0.4, -0.2) is 15.7 Å². The van der Waals surface area contributed by atoms with E-state index in [1.807, 2.05) is 24.3 Å². The van der Waals surface area contributed by atoms with Crippen LogP contribution in [0.25, 0.3) is 21.9 Å². The molecule has 0 saturated carbocycles. The van der Waals surface area contributed by atoms with Gasteiger partial charge in [0.2, 0.25) is 11.7 Å². The lowest BCUT2D eigenvalue weighted by atomic mass is 10.2. The largest absolute Gasteiger partial charge is 0.618 e. The summed E-state index contributed by atoms with van der Waals surface area (Å²) in [5.41, 5.74) is 5.86. The van der Waals surface area contributed by atoms with E-state index in [0.717, 1.165) is 46.2 Å². The zero-order chi connectivity index (χ0) is 15.7. The molecule has 0 amide bonds. The second-order valence-electron chi connectivity index (χ2n) is 5.96. The summed E-state index contributed by atoms with van der Waals surface area (Å²) in [7, 11) is 0. The number of unbranched alkanes of at least 4 members (excludes halogenated alkanes) is 1. The van der Waals surface area contributed by atoms with Gasteiger partial charge in [0.05, 0.1) is 5.39 Å². The van der Waals surface area contributed by atoms with Crippen molar-refractivity contribution in [3.8, 4) is 0 Å². The zero-order valence-corrected chi connectivity index (χ0v) is 13.3. The fourth-order valence-corrected chi connectivity index (χ4v) is 2.78. The van der Waals surface area contributed by atoms with Gasteiger partial charge in [-0.05, 0) is 26.3 Å². The van der Waals surface area contributed by atoms with Crippen LogP contribution < -0.4 is 10.2 Å². The molecule has 0 aliphatic heterocycles. The molecule has 0 unspecified atom stereocenters. The summed E-state index contributed by atoms with van der Waals surface area (Å²) >= 11 is 0. The minimum absolute atomic E-state index is 0.288. The SMILES string of the molecule is CCCCc1nc2c[n+]([O-])c3ccccc3c2n1NC(C)C. The summed E-state index contributed by atoms with van der Waals surface area (Å²) in [6.07, 6.45) is 4.68. The number of rotatable bonds is 5. The Morgan fingerprint density at radius 2 is 2.09 bits per heavy atom. The molecule has 0 bridgehead atoms. The molecule has 5 heteroatoms. The van der Waals surface area contributed by atoms with Crippen LogP contribution >= 0.6 is 0 Å². The van der Waals surface area contributed by atoms with Crippen LogP contribution in [0.1, 0.15) is 39.4 Å². The van der Waals surface area contributed by atoms with Crippen molar-refractivity contribution in [1.29, 1.82) is 0 Å². The fourth-order valence-electron chi connectivity index (χ4n) is 2.78. The van der Waals surface area contributed by atoms with Crippen molar-refractivity contribution in [3.63, 3.8) is 0 Å². The Bertz CT molecular complexity index is 807. The van der Waals surface area contributed by atoms with E-state index in [2.05, 4.69) is 30.9 Å². The Morgan fingerprint density at radius 1 is 1.32 bits per heavy atom. The van der Waals surface area contributed by atoms with Gasteiger partial charge >= 0.3 is 0 Å². The van der Waals surface area contributed by atoms with Gasteiger partial charge in [-0.25, -0.2) is 9.66 Å². The molecule has 3 aromatic rings. The number of hydrogen-bond donors (Lipinski definition) is 1. The summed E-state index contributed by atoms with van der Waals surface area (Å²) in [4.78, 5) is 4.69. The number of para-hydroxylation sites is 1. The normalized spacial score (nSPS) is 11.6. The molecule has 2 aromatic heterocycles. The number of fused-ring (bicyclic) bond motifs is 3. The van der Waals surface area contributed by atoms with Gasteiger partial charge in [0.15, 0.2) is 5.52 Å². The molecule has 0 aliphatic carbocycles. The van der Waals surface area contributed by atoms with Crippen LogP contribution in [-0.2, 0) is 6.42 Å². The zero-order valence-electron chi connectivity index (χ0n) is 13.3. The molecule has 0 atom stereocenters. The molecule has 0 aliphatic rings. The maximum atomic E-state index is 12.2. The third-order valence-electron chi connectivity index (χ3n) is 3.75. The minimum Gasteiger partial charge on any atom is -0.618 e. The van der Waals surface area contributed by atoms with E-state index < -0.39 is 0 Å². The highest BCUT2D eigenvalue weighted by Gasteiger charge is 2.18. The summed E-state index contributed by atoms with van der Waals surface area (Å²) in [6, 6.07) is 7.96. The summed E-state index contributed by atoms with van der Waals surface area (Å²) in [5.74, 6) is 0.988. The highest BCUT2D eigenvalue weighted by molar-refractivity contribution is 6.00. The molecule has 0 fully saturated rings. The van der Waals surface area contributed by atoms with Crippen molar-refractivity contribution < 1.29 is 4.73 Å². The number of aryl methyl sites for hydroxylation is 1. The lowest BCUT2D eigenvalue weighted by Crippen LogP contribution is -2.27. The molecule has 0 spiro atoms. The fraction of sp³-hybridized carbons (Fsp3) is 0.412. The van der Waals surface area contributed by atoms with E-state index in [1.54, 1.807) is 6.20 Å². The first-order valence-corrected chi connectivity index (χ1v) is 7.90. The number of hydrogen-bond acceptors (Lipinski definition) is 3. The van der Waals surface area contributed by atoms with Crippen LogP contribution in [0.5, 0.6) is 0 Å². The molecule has 22 heavy (non-hydrogen) atoms. The molecule has 5 nitrogen and oxygen atoms in total. The topological polar surface area (TPSA) is 56.8 Å². The van der Waals surface area contributed by atoms with Gasteiger partial charge in [-0.1, -0.05) is 25.5 Å². The Hall–Kier alpha value is -2.30. The maximum absolute atomic E-state index is 12.2. The summed E-state index contributed by atoms with van der Waals surface area (Å²) in [6.45, 7) is 6.38. The van der Waals surface area contributed by atoms with Crippen molar-refractivity contribution in [1.82, 2.24) is 9.66 Å². The molecular weight excluding hydrogens is 276 g/mol. The second kappa shape index (κ2) is 5.83. The van der Waals surface area contributed by atoms with Crippen molar-refractivity contribution in [2.45, 2.75) is 46.1 Å². The molecule has 0 radical (unpaired) electrons. The van der Waals surface area contributed by atoms with Crippen LogP contribution in [0.2, 0.25) is 0 Å². The number of pyridine rings is 1. The second-order valence-corrected chi connectivity index (χ2v) is 5.96. The highest BCUT2D eigenvalue weighted by Crippen LogP contribution is 2.23. The Kier molecular flexibility index (Phi) is 3.88. The molecule has 2 heterocycles. The van der Waals surface area contributed by atoms with E-state index in [4.69, 9.17) is 4.98 Å². The van der Waals surface area contributed by atoms with Crippen LogP contribution in [0.15, 0.2) is 30.5 Å². The average molecular weight is 298 g/mol. The first kappa shape index (κ1) is 14.6. The number of nitrogens with zero attached hydrogens (tertiary/aromatic N) is 3. The number of aromatic nitrogens is 3. The standard InChI is InChI=1S/C17H22N4O/c1-4-5-10-16-18-14-11-20(22)15-9-7-6-8-13(15)17(14)21(16)19-12(2)3/h6-9,11-12,19H,4-5,10H2,1-3H3. The Balaban J connectivity index is 2.30. The van der Waals surface area contributed by atoms with Crippen molar-refractivity contribution >= 4 is 21.9 Å². The molecule has 3 rings (SSSR count).